The molecule has 128 valence electrons. The van der Waals surface area contributed by atoms with Crippen LogP contribution in [0.1, 0.15) is 39.0 Å². The third-order valence-corrected chi connectivity index (χ3v) is 4.85. The summed E-state index contributed by atoms with van der Waals surface area (Å²) in [7, 11) is 0. The summed E-state index contributed by atoms with van der Waals surface area (Å²) < 4.78 is 18.3. The monoisotopic (exact) mass is 319 g/mol. The molecular formula is C19H29NO3. The molecule has 1 saturated heterocycles. The Labute approximate surface area is 139 Å². The minimum atomic E-state index is 0.102. The second-order valence-electron chi connectivity index (χ2n) is 6.47. The molecule has 1 saturated carbocycles. The first-order valence-corrected chi connectivity index (χ1v) is 9.09. The van der Waals surface area contributed by atoms with Crippen molar-refractivity contribution in [1.29, 1.82) is 0 Å². The van der Waals surface area contributed by atoms with E-state index in [9.17, 15) is 0 Å². The molecule has 4 heteroatoms. The highest BCUT2D eigenvalue weighted by Gasteiger charge is 2.34. The normalized spacial score (nSPS) is 24.1. The molecule has 2 unspecified atom stereocenters. The summed E-state index contributed by atoms with van der Waals surface area (Å²) in [5.41, 5.74) is 0. The number of para-hydroxylation sites is 2. The first-order chi connectivity index (χ1) is 11.4. The zero-order valence-corrected chi connectivity index (χ0v) is 14.1. The molecule has 1 aromatic carbocycles. The molecule has 1 aliphatic carbocycles. The summed E-state index contributed by atoms with van der Waals surface area (Å²) in [4.78, 5) is 0. The molecule has 1 heterocycles. The van der Waals surface area contributed by atoms with Gasteiger partial charge in [0.25, 0.3) is 0 Å². The molecule has 0 spiro atoms. The molecule has 3 rings (SSSR count). The zero-order chi connectivity index (χ0) is 15.9. The fourth-order valence-corrected chi connectivity index (χ4v) is 3.70. The second kappa shape index (κ2) is 8.55. The van der Waals surface area contributed by atoms with E-state index in [1.807, 2.05) is 31.2 Å². The van der Waals surface area contributed by atoms with Crippen molar-refractivity contribution < 1.29 is 14.2 Å². The topological polar surface area (TPSA) is 39.7 Å². The first-order valence-electron chi connectivity index (χ1n) is 9.09. The maximum Gasteiger partial charge on any atom is 0.161 e. The molecule has 1 aliphatic heterocycles. The van der Waals surface area contributed by atoms with Crippen LogP contribution in [0.5, 0.6) is 11.5 Å². The van der Waals surface area contributed by atoms with Crippen LogP contribution in [0.4, 0.5) is 0 Å². The number of rotatable bonds is 6. The van der Waals surface area contributed by atoms with Crippen LogP contribution in [0, 0.1) is 5.92 Å². The number of hydrogen-bond donors (Lipinski definition) is 1. The molecule has 0 radical (unpaired) electrons. The lowest BCUT2D eigenvalue weighted by Crippen LogP contribution is -2.50. The van der Waals surface area contributed by atoms with E-state index in [4.69, 9.17) is 14.2 Å². The second-order valence-corrected chi connectivity index (χ2v) is 6.47. The van der Waals surface area contributed by atoms with Crippen LogP contribution >= 0.6 is 0 Å². The Balaban J connectivity index is 1.77. The quantitative estimate of drug-likeness (QED) is 0.872. The van der Waals surface area contributed by atoms with Crippen molar-refractivity contribution in [3.8, 4) is 11.5 Å². The Kier molecular flexibility index (Phi) is 6.17. The lowest BCUT2D eigenvalue weighted by Gasteiger charge is -2.38. The van der Waals surface area contributed by atoms with Gasteiger partial charge in [-0.3, -0.25) is 0 Å². The van der Waals surface area contributed by atoms with Crippen LogP contribution in [-0.4, -0.2) is 38.5 Å². The summed E-state index contributed by atoms with van der Waals surface area (Å²) in [6, 6.07) is 8.00. The molecule has 2 atom stereocenters. The summed E-state index contributed by atoms with van der Waals surface area (Å²) in [5, 5.41) is 3.44. The van der Waals surface area contributed by atoms with Crippen LogP contribution in [0.15, 0.2) is 24.3 Å². The van der Waals surface area contributed by atoms with Crippen LogP contribution in [0.3, 0.4) is 0 Å². The Morgan fingerprint density at radius 1 is 1.17 bits per heavy atom. The number of morpholine rings is 1. The minimum Gasteiger partial charge on any atom is -0.490 e. The van der Waals surface area contributed by atoms with E-state index in [0.29, 0.717) is 12.5 Å². The van der Waals surface area contributed by atoms with Crippen molar-refractivity contribution in [3.63, 3.8) is 0 Å². The van der Waals surface area contributed by atoms with E-state index >= 15 is 0 Å². The van der Waals surface area contributed by atoms with Gasteiger partial charge in [-0.2, -0.15) is 0 Å². The molecule has 0 amide bonds. The number of benzene rings is 1. The van der Waals surface area contributed by atoms with E-state index in [2.05, 4.69) is 5.32 Å². The molecular weight excluding hydrogens is 290 g/mol. The summed E-state index contributed by atoms with van der Waals surface area (Å²) in [6.07, 6.45) is 6.66. The zero-order valence-electron chi connectivity index (χ0n) is 14.1. The van der Waals surface area contributed by atoms with E-state index in [-0.39, 0.29) is 12.2 Å². The van der Waals surface area contributed by atoms with Crippen molar-refractivity contribution in [2.24, 2.45) is 5.92 Å². The SMILES string of the molecule is CCOc1ccccc1OC(C1CCCCC1)C1CNCCO1. The highest BCUT2D eigenvalue weighted by molar-refractivity contribution is 5.39. The maximum absolute atomic E-state index is 6.49. The van der Waals surface area contributed by atoms with Gasteiger partial charge >= 0.3 is 0 Å². The van der Waals surface area contributed by atoms with E-state index in [0.717, 1.165) is 31.2 Å². The summed E-state index contributed by atoms with van der Waals surface area (Å²) in [5.74, 6) is 2.25. The third kappa shape index (κ3) is 4.39. The van der Waals surface area contributed by atoms with Gasteiger partial charge < -0.3 is 19.5 Å². The van der Waals surface area contributed by atoms with Crippen LogP contribution < -0.4 is 14.8 Å². The number of ether oxygens (including phenoxy) is 3. The van der Waals surface area contributed by atoms with Crippen molar-refractivity contribution in [1.82, 2.24) is 5.32 Å². The largest absolute Gasteiger partial charge is 0.490 e. The number of hydrogen-bond acceptors (Lipinski definition) is 4. The van der Waals surface area contributed by atoms with E-state index in [1.54, 1.807) is 0 Å². The van der Waals surface area contributed by atoms with Crippen molar-refractivity contribution in [2.75, 3.05) is 26.3 Å². The summed E-state index contributed by atoms with van der Waals surface area (Å²) in [6.45, 7) is 5.23. The maximum atomic E-state index is 6.49. The minimum absolute atomic E-state index is 0.102. The van der Waals surface area contributed by atoms with Crippen molar-refractivity contribution in [2.45, 2.75) is 51.2 Å². The number of nitrogens with one attached hydrogen (secondary N) is 1. The van der Waals surface area contributed by atoms with Gasteiger partial charge in [-0.05, 0) is 37.8 Å². The van der Waals surface area contributed by atoms with Crippen molar-refractivity contribution in [3.05, 3.63) is 24.3 Å². The summed E-state index contributed by atoms with van der Waals surface area (Å²) >= 11 is 0. The first kappa shape index (κ1) is 16.6. The Bertz CT molecular complexity index is 449. The predicted molar refractivity (Wildman–Crippen MR) is 91.2 cm³/mol. The van der Waals surface area contributed by atoms with Gasteiger partial charge in [-0.1, -0.05) is 31.4 Å². The lowest BCUT2D eigenvalue weighted by molar-refractivity contribution is -0.0690. The Morgan fingerprint density at radius 3 is 2.65 bits per heavy atom. The Morgan fingerprint density at radius 2 is 1.96 bits per heavy atom. The van der Waals surface area contributed by atoms with Gasteiger partial charge in [-0.15, -0.1) is 0 Å². The fourth-order valence-electron chi connectivity index (χ4n) is 3.70. The van der Waals surface area contributed by atoms with E-state index < -0.39 is 0 Å². The molecule has 4 nitrogen and oxygen atoms in total. The standard InChI is InChI=1S/C19H29NO3/c1-2-21-16-10-6-7-11-17(16)23-19(15-8-4-3-5-9-15)18-14-20-12-13-22-18/h6-7,10-11,15,18-20H,2-5,8-9,12-14H2,1H3. The third-order valence-electron chi connectivity index (χ3n) is 4.85. The molecule has 1 aromatic rings. The lowest BCUT2D eigenvalue weighted by atomic mass is 9.83. The van der Waals surface area contributed by atoms with Gasteiger partial charge in [0.1, 0.15) is 12.2 Å². The molecule has 23 heavy (non-hydrogen) atoms. The predicted octanol–water partition coefficient (Wildman–Crippen LogP) is 3.40. The average molecular weight is 319 g/mol. The molecule has 0 bridgehead atoms. The van der Waals surface area contributed by atoms with Gasteiger partial charge in [0.2, 0.25) is 0 Å². The van der Waals surface area contributed by atoms with Crippen LogP contribution in [0.25, 0.3) is 0 Å². The highest BCUT2D eigenvalue weighted by Crippen LogP contribution is 2.35. The molecule has 2 fully saturated rings. The van der Waals surface area contributed by atoms with Crippen LogP contribution in [0.2, 0.25) is 0 Å². The van der Waals surface area contributed by atoms with Crippen LogP contribution in [-0.2, 0) is 4.74 Å². The van der Waals surface area contributed by atoms with Gasteiger partial charge in [-0.25, -0.2) is 0 Å². The molecule has 2 aliphatic rings. The fraction of sp³-hybridized carbons (Fsp3) is 0.684. The molecule has 0 aromatic heterocycles. The van der Waals surface area contributed by atoms with E-state index in [1.165, 1.54) is 32.1 Å². The van der Waals surface area contributed by atoms with Gasteiger partial charge in [0.15, 0.2) is 11.5 Å². The van der Waals surface area contributed by atoms with Crippen molar-refractivity contribution >= 4 is 0 Å². The Hall–Kier alpha value is -1.26. The average Bonchev–Trinajstić information content (AvgIpc) is 2.63. The smallest absolute Gasteiger partial charge is 0.161 e. The van der Waals surface area contributed by atoms with Gasteiger partial charge in [0, 0.05) is 13.1 Å². The van der Waals surface area contributed by atoms with Gasteiger partial charge in [0.05, 0.1) is 13.2 Å². The molecule has 1 N–H and O–H groups in total. The highest BCUT2D eigenvalue weighted by atomic mass is 16.6.